The van der Waals surface area contributed by atoms with Gasteiger partial charge in [0, 0.05) is 25.3 Å². The van der Waals surface area contributed by atoms with Gasteiger partial charge in [-0.3, -0.25) is 0 Å². The summed E-state index contributed by atoms with van der Waals surface area (Å²) in [6.45, 7) is 8.26. The predicted octanol–water partition coefficient (Wildman–Crippen LogP) is 2.30. The molecule has 1 unspecified atom stereocenters. The highest BCUT2D eigenvalue weighted by Gasteiger charge is 2.27. The molecule has 1 saturated heterocycles. The zero-order valence-corrected chi connectivity index (χ0v) is 11.6. The summed E-state index contributed by atoms with van der Waals surface area (Å²) < 4.78 is 5.36. The molecule has 1 heterocycles. The summed E-state index contributed by atoms with van der Waals surface area (Å²) in [5.41, 5.74) is 6.32. The van der Waals surface area contributed by atoms with Crippen molar-refractivity contribution >= 4 is 0 Å². The van der Waals surface area contributed by atoms with E-state index in [9.17, 15) is 0 Å². The largest absolute Gasteiger partial charge is 0.381 e. The summed E-state index contributed by atoms with van der Waals surface area (Å²) in [5, 5.41) is 3.57. The van der Waals surface area contributed by atoms with Crippen molar-refractivity contribution in [3.63, 3.8) is 0 Å². The van der Waals surface area contributed by atoms with Crippen molar-refractivity contribution in [2.45, 2.75) is 57.9 Å². The Bertz CT molecular complexity index is 191. The van der Waals surface area contributed by atoms with Crippen molar-refractivity contribution in [2.24, 2.45) is 11.7 Å². The van der Waals surface area contributed by atoms with Crippen molar-refractivity contribution in [3.8, 4) is 0 Å². The first kappa shape index (κ1) is 14.9. The van der Waals surface area contributed by atoms with Gasteiger partial charge in [0.1, 0.15) is 0 Å². The first-order chi connectivity index (χ1) is 8.20. The fourth-order valence-corrected chi connectivity index (χ4v) is 2.42. The maximum atomic E-state index is 6.34. The Morgan fingerprint density at radius 1 is 1.29 bits per heavy atom. The Morgan fingerprint density at radius 2 is 2.00 bits per heavy atom. The molecule has 0 aliphatic carbocycles. The molecule has 0 aromatic heterocycles. The highest BCUT2D eigenvalue weighted by atomic mass is 16.5. The second-order valence-electron chi connectivity index (χ2n) is 5.52. The number of rotatable bonds is 8. The Kier molecular flexibility index (Phi) is 7.09. The van der Waals surface area contributed by atoms with Crippen LogP contribution in [-0.4, -0.2) is 31.8 Å². The summed E-state index contributed by atoms with van der Waals surface area (Å²) in [6, 6.07) is 0. The van der Waals surface area contributed by atoms with Crippen LogP contribution in [0.4, 0.5) is 0 Å². The summed E-state index contributed by atoms with van der Waals surface area (Å²) >= 11 is 0. The van der Waals surface area contributed by atoms with Crippen molar-refractivity contribution in [1.29, 1.82) is 0 Å². The van der Waals surface area contributed by atoms with Crippen LogP contribution >= 0.6 is 0 Å². The van der Waals surface area contributed by atoms with Crippen LogP contribution in [0.5, 0.6) is 0 Å². The number of hydrogen-bond donors (Lipinski definition) is 2. The molecule has 17 heavy (non-hydrogen) atoms. The summed E-state index contributed by atoms with van der Waals surface area (Å²) in [6.07, 6.45) is 7.25. The van der Waals surface area contributed by atoms with E-state index in [1.807, 2.05) is 0 Å². The van der Waals surface area contributed by atoms with Gasteiger partial charge >= 0.3 is 0 Å². The minimum absolute atomic E-state index is 0.0265. The van der Waals surface area contributed by atoms with E-state index < -0.39 is 0 Å². The van der Waals surface area contributed by atoms with E-state index in [0.717, 1.165) is 45.1 Å². The molecule has 1 fully saturated rings. The number of hydrogen-bond acceptors (Lipinski definition) is 3. The fraction of sp³-hybridized carbons (Fsp3) is 1.00. The maximum Gasteiger partial charge on any atom is 0.0484 e. The third kappa shape index (κ3) is 5.84. The van der Waals surface area contributed by atoms with Gasteiger partial charge in [0.05, 0.1) is 0 Å². The third-order valence-corrected chi connectivity index (χ3v) is 3.94. The fourth-order valence-electron chi connectivity index (χ4n) is 2.42. The highest BCUT2D eigenvalue weighted by molar-refractivity contribution is 4.88. The zero-order chi connectivity index (χ0) is 12.6. The van der Waals surface area contributed by atoms with Crippen LogP contribution in [0.1, 0.15) is 52.4 Å². The first-order valence-electron chi connectivity index (χ1n) is 7.27. The van der Waals surface area contributed by atoms with Crippen LogP contribution in [0, 0.1) is 5.92 Å². The van der Waals surface area contributed by atoms with Gasteiger partial charge in [0.25, 0.3) is 0 Å². The molecule has 0 aromatic rings. The molecular formula is C14H30N2O. The average Bonchev–Trinajstić information content (AvgIpc) is 2.34. The van der Waals surface area contributed by atoms with Crippen molar-refractivity contribution < 1.29 is 4.74 Å². The quantitative estimate of drug-likeness (QED) is 0.686. The molecule has 1 rings (SSSR count). The highest BCUT2D eigenvalue weighted by Crippen LogP contribution is 2.17. The van der Waals surface area contributed by atoms with Gasteiger partial charge in [-0.1, -0.05) is 33.1 Å². The maximum absolute atomic E-state index is 6.34. The number of unbranched alkanes of at least 4 members (excludes halogenated alkanes) is 1. The molecule has 0 radical (unpaired) electrons. The van der Waals surface area contributed by atoms with Crippen LogP contribution in [0.25, 0.3) is 0 Å². The van der Waals surface area contributed by atoms with Crippen molar-refractivity contribution in [3.05, 3.63) is 0 Å². The molecular weight excluding hydrogens is 212 g/mol. The molecule has 0 saturated carbocycles. The molecule has 0 aromatic carbocycles. The Hall–Kier alpha value is -0.120. The first-order valence-corrected chi connectivity index (χ1v) is 7.27. The van der Waals surface area contributed by atoms with E-state index in [1.165, 1.54) is 25.7 Å². The van der Waals surface area contributed by atoms with Crippen molar-refractivity contribution in [2.75, 3.05) is 26.3 Å². The monoisotopic (exact) mass is 242 g/mol. The standard InChI is InChI=1S/C14H30N2O/c1-3-5-6-13(4-2)11-16-12-14(15)7-9-17-10-8-14/h13,16H,3-12,15H2,1-2H3. The van der Waals surface area contributed by atoms with E-state index in [4.69, 9.17) is 10.5 Å². The van der Waals surface area contributed by atoms with Crippen molar-refractivity contribution in [1.82, 2.24) is 5.32 Å². The Labute approximate surface area is 106 Å². The lowest BCUT2D eigenvalue weighted by Crippen LogP contribution is -2.52. The van der Waals surface area contributed by atoms with E-state index in [2.05, 4.69) is 19.2 Å². The average molecular weight is 242 g/mol. The van der Waals surface area contributed by atoms with Gasteiger partial charge < -0.3 is 15.8 Å². The molecule has 102 valence electrons. The van der Waals surface area contributed by atoms with E-state index >= 15 is 0 Å². The third-order valence-electron chi connectivity index (χ3n) is 3.94. The molecule has 0 bridgehead atoms. The van der Waals surface area contributed by atoms with Gasteiger partial charge in [-0.2, -0.15) is 0 Å². The summed E-state index contributed by atoms with van der Waals surface area (Å²) in [7, 11) is 0. The molecule has 1 atom stereocenters. The Morgan fingerprint density at radius 3 is 2.59 bits per heavy atom. The molecule has 0 spiro atoms. The van der Waals surface area contributed by atoms with E-state index in [-0.39, 0.29) is 5.54 Å². The molecule has 3 heteroatoms. The molecule has 1 aliphatic rings. The minimum Gasteiger partial charge on any atom is -0.381 e. The van der Waals surface area contributed by atoms with E-state index in [0.29, 0.717) is 0 Å². The van der Waals surface area contributed by atoms with Gasteiger partial charge in [-0.05, 0) is 31.7 Å². The summed E-state index contributed by atoms with van der Waals surface area (Å²) in [5.74, 6) is 0.818. The topological polar surface area (TPSA) is 47.3 Å². The van der Waals surface area contributed by atoms with Crippen LogP contribution in [-0.2, 0) is 4.74 Å². The van der Waals surface area contributed by atoms with Crippen LogP contribution in [0.3, 0.4) is 0 Å². The lowest BCUT2D eigenvalue weighted by atomic mass is 9.91. The Balaban J connectivity index is 2.16. The normalized spacial score (nSPS) is 21.4. The van der Waals surface area contributed by atoms with Crippen LogP contribution in [0.2, 0.25) is 0 Å². The molecule has 3 N–H and O–H groups in total. The molecule has 1 aliphatic heterocycles. The summed E-state index contributed by atoms with van der Waals surface area (Å²) in [4.78, 5) is 0. The van der Waals surface area contributed by atoms with Gasteiger partial charge in [-0.15, -0.1) is 0 Å². The van der Waals surface area contributed by atoms with Gasteiger partial charge in [-0.25, -0.2) is 0 Å². The number of ether oxygens (including phenoxy) is 1. The SMILES string of the molecule is CCCCC(CC)CNCC1(N)CCOCC1. The van der Waals surface area contributed by atoms with Crippen LogP contribution < -0.4 is 11.1 Å². The zero-order valence-electron chi connectivity index (χ0n) is 11.6. The lowest BCUT2D eigenvalue weighted by molar-refractivity contribution is 0.0528. The molecule has 3 nitrogen and oxygen atoms in total. The van der Waals surface area contributed by atoms with Gasteiger partial charge in [0.2, 0.25) is 0 Å². The van der Waals surface area contributed by atoms with Gasteiger partial charge in [0.15, 0.2) is 0 Å². The van der Waals surface area contributed by atoms with Crippen LogP contribution in [0.15, 0.2) is 0 Å². The smallest absolute Gasteiger partial charge is 0.0484 e. The second-order valence-corrected chi connectivity index (χ2v) is 5.52. The second kappa shape index (κ2) is 8.06. The lowest BCUT2D eigenvalue weighted by Gasteiger charge is -2.34. The predicted molar refractivity (Wildman–Crippen MR) is 73.1 cm³/mol. The minimum atomic E-state index is -0.0265. The number of nitrogens with one attached hydrogen (secondary N) is 1. The van der Waals surface area contributed by atoms with E-state index in [1.54, 1.807) is 0 Å². The number of nitrogens with two attached hydrogens (primary N) is 1. The molecule has 0 amide bonds.